The van der Waals surface area contributed by atoms with E-state index in [1.54, 1.807) is 6.20 Å². The molecule has 1 heterocycles. The highest BCUT2D eigenvalue weighted by atomic mass is 35.5. The third-order valence-corrected chi connectivity index (χ3v) is 3.77. The molecule has 0 aliphatic carbocycles. The summed E-state index contributed by atoms with van der Waals surface area (Å²) in [6.07, 6.45) is 4.64. The Morgan fingerprint density at radius 2 is 2.05 bits per heavy atom. The highest BCUT2D eigenvalue weighted by Gasteiger charge is 2.06. The van der Waals surface area contributed by atoms with Crippen LogP contribution in [0.25, 0.3) is 0 Å². The first-order valence-electron chi connectivity index (χ1n) is 6.24. The lowest BCUT2D eigenvalue weighted by molar-refractivity contribution is 0.576. The Balaban J connectivity index is 1.87. The molecule has 2 nitrogen and oxygen atoms in total. The molecule has 0 fully saturated rings. The molecule has 0 saturated heterocycles. The van der Waals surface area contributed by atoms with Crippen molar-refractivity contribution < 1.29 is 0 Å². The molecule has 2 aromatic rings. The minimum atomic E-state index is 0.242. The minimum Gasteiger partial charge on any atom is -0.310 e. The molecule has 0 radical (unpaired) electrons. The van der Waals surface area contributed by atoms with Crippen LogP contribution in [-0.4, -0.2) is 11.5 Å². The highest BCUT2D eigenvalue weighted by Crippen LogP contribution is 2.25. The van der Waals surface area contributed by atoms with Gasteiger partial charge in [0.15, 0.2) is 0 Å². The van der Waals surface area contributed by atoms with E-state index in [0.717, 1.165) is 18.5 Å². The van der Waals surface area contributed by atoms with E-state index in [-0.39, 0.29) is 6.04 Å². The quantitative estimate of drug-likeness (QED) is 0.890. The average Bonchev–Trinajstić information content (AvgIpc) is 2.43. The van der Waals surface area contributed by atoms with Gasteiger partial charge in [0.2, 0.25) is 0 Å². The zero-order valence-electron chi connectivity index (χ0n) is 10.7. The maximum Gasteiger partial charge on any atom is 0.0595 e. The van der Waals surface area contributed by atoms with Crippen molar-refractivity contribution in [2.24, 2.45) is 0 Å². The van der Waals surface area contributed by atoms with E-state index in [0.29, 0.717) is 10.0 Å². The van der Waals surface area contributed by atoms with Gasteiger partial charge in [0.1, 0.15) is 0 Å². The molecule has 0 bridgehead atoms. The van der Waals surface area contributed by atoms with Gasteiger partial charge in [-0.3, -0.25) is 4.98 Å². The number of halogens is 2. The second kappa shape index (κ2) is 6.90. The van der Waals surface area contributed by atoms with Crippen molar-refractivity contribution >= 4 is 23.2 Å². The standard InChI is InChI=1S/C15H16Cl2N2/c1-11(13-4-5-14(16)15(17)9-13)19-8-6-12-3-2-7-18-10-12/h2-5,7,9-11,19H,6,8H2,1H3. The van der Waals surface area contributed by atoms with E-state index in [1.165, 1.54) is 5.56 Å². The predicted molar refractivity (Wildman–Crippen MR) is 80.8 cm³/mol. The first kappa shape index (κ1) is 14.3. The molecule has 1 aromatic carbocycles. The lowest BCUT2D eigenvalue weighted by atomic mass is 10.1. The summed E-state index contributed by atoms with van der Waals surface area (Å²) in [7, 11) is 0. The molecule has 2 rings (SSSR count). The fourth-order valence-electron chi connectivity index (χ4n) is 1.88. The summed E-state index contributed by atoms with van der Waals surface area (Å²) < 4.78 is 0. The number of aromatic nitrogens is 1. The van der Waals surface area contributed by atoms with Crippen LogP contribution in [0.4, 0.5) is 0 Å². The van der Waals surface area contributed by atoms with Gasteiger partial charge in [-0.05, 0) is 49.2 Å². The lowest BCUT2D eigenvalue weighted by Gasteiger charge is -2.14. The summed E-state index contributed by atoms with van der Waals surface area (Å²) >= 11 is 11.9. The summed E-state index contributed by atoms with van der Waals surface area (Å²) in [4.78, 5) is 4.10. The summed E-state index contributed by atoms with van der Waals surface area (Å²) in [6.45, 7) is 3.01. The second-order valence-corrected chi connectivity index (χ2v) is 5.28. The van der Waals surface area contributed by atoms with Gasteiger partial charge >= 0.3 is 0 Å². The predicted octanol–water partition coefficient (Wildman–Crippen LogP) is 4.28. The lowest BCUT2D eigenvalue weighted by Crippen LogP contribution is -2.21. The monoisotopic (exact) mass is 294 g/mol. The summed E-state index contributed by atoms with van der Waals surface area (Å²) in [5.41, 5.74) is 2.37. The highest BCUT2D eigenvalue weighted by molar-refractivity contribution is 6.42. The van der Waals surface area contributed by atoms with Crippen LogP contribution in [0.15, 0.2) is 42.7 Å². The molecular weight excluding hydrogens is 279 g/mol. The maximum atomic E-state index is 6.02. The fraction of sp³-hybridized carbons (Fsp3) is 0.267. The van der Waals surface area contributed by atoms with Gasteiger partial charge in [0, 0.05) is 18.4 Å². The van der Waals surface area contributed by atoms with Gasteiger partial charge in [-0.15, -0.1) is 0 Å². The number of hydrogen-bond donors (Lipinski definition) is 1. The van der Waals surface area contributed by atoms with Crippen LogP contribution in [0.2, 0.25) is 10.0 Å². The zero-order chi connectivity index (χ0) is 13.7. The minimum absolute atomic E-state index is 0.242. The summed E-state index contributed by atoms with van der Waals surface area (Å²) in [5, 5.41) is 4.65. The van der Waals surface area contributed by atoms with Crippen LogP contribution in [0.5, 0.6) is 0 Å². The van der Waals surface area contributed by atoms with E-state index in [4.69, 9.17) is 23.2 Å². The van der Waals surface area contributed by atoms with Crippen molar-refractivity contribution in [2.75, 3.05) is 6.54 Å². The molecule has 4 heteroatoms. The summed E-state index contributed by atoms with van der Waals surface area (Å²) in [6, 6.07) is 10.0. The zero-order valence-corrected chi connectivity index (χ0v) is 12.2. The fourth-order valence-corrected chi connectivity index (χ4v) is 2.19. The van der Waals surface area contributed by atoms with Crippen LogP contribution < -0.4 is 5.32 Å². The molecule has 0 aliphatic rings. The number of hydrogen-bond acceptors (Lipinski definition) is 2. The smallest absolute Gasteiger partial charge is 0.0595 e. The molecule has 0 amide bonds. The Bertz CT molecular complexity index is 529. The molecule has 0 spiro atoms. The van der Waals surface area contributed by atoms with Gasteiger partial charge in [0.25, 0.3) is 0 Å². The first-order valence-corrected chi connectivity index (χ1v) is 6.99. The third-order valence-electron chi connectivity index (χ3n) is 3.03. The SMILES string of the molecule is CC(NCCc1cccnc1)c1ccc(Cl)c(Cl)c1. The van der Waals surface area contributed by atoms with Gasteiger partial charge in [-0.25, -0.2) is 0 Å². The van der Waals surface area contributed by atoms with Crippen molar-refractivity contribution in [3.8, 4) is 0 Å². The topological polar surface area (TPSA) is 24.9 Å². The van der Waals surface area contributed by atoms with E-state index >= 15 is 0 Å². The number of benzene rings is 1. The largest absolute Gasteiger partial charge is 0.310 e. The Kier molecular flexibility index (Phi) is 5.20. The van der Waals surface area contributed by atoms with Crippen LogP contribution >= 0.6 is 23.2 Å². The Morgan fingerprint density at radius 1 is 1.21 bits per heavy atom. The Morgan fingerprint density at radius 3 is 2.74 bits per heavy atom. The summed E-state index contributed by atoms with van der Waals surface area (Å²) in [5.74, 6) is 0. The third kappa shape index (κ3) is 4.20. The molecule has 1 atom stereocenters. The maximum absolute atomic E-state index is 6.02. The molecule has 0 saturated carbocycles. The van der Waals surface area contributed by atoms with Crippen molar-refractivity contribution in [3.05, 3.63) is 63.9 Å². The molecule has 1 aromatic heterocycles. The Hall–Kier alpha value is -1.09. The Labute approximate surface area is 123 Å². The number of nitrogens with one attached hydrogen (secondary N) is 1. The van der Waals surface area contributed by atoms with Crippen molar-refractivity contribution in [3.63, 3.8) is 0 Å². The molecular formula is C15H16Cl2N2. The van der Waals surface area contributed by atoms with Crippen molar-refractivity contribution in [1.29, 1.82) is 0 Å². The van der Waals surface area contributed by atoms with Gasteiger partial charge in [-0.2, -0.15) is 0 Å². The molecule has 100 valence electrons. The van der Waals surface area contributed by atoms with Gasteiger partial charge in [0.05, 0.1) is 10.0 Å². The number of rotatable bonds is 5. The molecule has 0 aliphatic heterocycles. The molecule has 1 unspecified atom stereocenters. The normalized spacial score (nSPS) is 12.4. The van der Waals surface area contributed by atoms with E-state index in [9.17, 15) is 0 Å². The number of pyridine rings is 1. The number of nitrogens with zero attached hydrogens (tertiary/aromatic N) is 1. The van der Waals surface area contributed by atoms with Crippen LogP contribution in [0.3, 0.4) is 0 Å². The average molecular weight is 295 g/mol. The van der Waals surface area contributed by atoms with Crippen molar-refractivity contribution in [1.82, 2.24) is 10.3 Å². The first-order chi connectivity index (χ1) is 9.16. The molecule has 19 heavy (non-hydrogen) atoms. The van der Waals surface area contributed by atoms with Gasteiger partial charge < -0.3 is 5.32 Å². The van der Waals surface area contributed by atoms with Crippen molar-refractivity contribution in [2.45, 2.75) is 19.4 Å². The van der Waals surface area contributed by atoms with E-state index < -0.39 is 0 Å². The molecule has 1 N–H and O–H groups in total. The van der Waals surface area contributed by atoms with Crippen LogP contribution in [0.1, 0.15) is 24.1 Å². The van der Waals surface area contributed by atoms with E-state index in [1.807, 2.05) is 30.5 Å². The van der Waals surface area contributed by atoms with E-state index in [2.05, 4.69) is 23.3 Å². The van der Waals surface area contributed by atoms with Crippen LogP contribution in [0, 0.1) is 0 Å². The van der Waals surface area contributed by atoms with Gasteiger partial charge in [-0.1, -0.05) is 35.3 Å². The van der Waals surface area contributed by atoms with Crippen LogP contribution in [-0.2, 0) is 6.42 Å². The second-order valence-electron chi connectivity index (χ2n) is 4.46.